The molecule has 0 atom stereocenters. The molecule has 0 aliphatic carbocycles. The van der Waals surface area contributed by atoms with Crippen molar-refractivity contribution in [3.05, 3.63) is 59.2 Å². The van der Waals surface area contributed by atoms with E-state index in [1.807, 2.05) is 0 Å². The quantitative estimate of drug-likeness (QED) is 0.731. The number of thiocarbonyl (C=S) groups is 1. The van der Waals surface area contributed by atoms with E-state index in [-0.39, 0.29) is 16.5 Å². The van der Waals surface area contributed by atoms with Crippen LogP contribution in [0.1, 0.15) is 30.5 Å². The second-order valence-electron chi connectivity index (χ2n) is 7.39. The van der Waals surface area contributed by atoms with Gasteiger partial charge in [0.15, 0.2) is 5.11 Å². The molecule has 1 aliphatic heterocycles. The van der Waals surface area contributed by atoms with Crippen LogP contribution in [0, 0.1) is 11.3 Å². The lowest BCUT2D eigenvalue weighted by molar-refractivity contribution is -0.137. The average Bonchev–Trinajstić information content (AvgIpc) is 2.85. The van der Waals surface area contributed by atoms with Crippen molar-refractivity contribution >= 4 is 28.9 Å². The summed E-state index contributed by atoms with van der Waals surface area (Å²) in [7, 11) is 0. The van der Waals surface area contributed by atoms with Crippen LogP contribution in [0.2, 0.25) is 0 Å². The van der Waals surface area contributed by atoms with Gasteiger partial charge in [-0.1, -0.05) is 12.1 Å². The number of anilines is 1. The van der Waals surface area contributed by atoms with Crippen LogP contribution in [0.5, 0.6) is 5.75 Å². The SMILES string of the molecule is CC1(C)C(=O)N(c2ccc(C#N)c(C(F)(F)F)c2)C(=S)N1CCc1ccc(O)cc1. The number of aromatic hydroxyl groups is 1. The molecule has 1 fully saturated rings. The van der Waals surface area contributed by atoms with Gasteiger partial charge in [0.1, 0.15) is 11.3 Å². The van der Waals surface area contributed by atoms with Crippen LogP contribution in [-0.4, -0.2) is 33.1 Å². The summed E-state index contributed by atoms with van der Waals surface area (Å²) < 4.78 is 40.0. The third-order valence-corrected chi connectivity index (χ3v) is 5.47. The molecule has 3 rings (SSSR count). The fourth-order valence-electron chi connectivity index (χ4n) is 3.35. The topological polar surface area (TPSA) is 67.6 Å². The Balaban J connectivity index is 1.92. The fraction of sp³-hybridized carbons (Fsp3) is 0.286. The molecule has 1 N–H and O–H groups in total. The van der Waals surface area contributed by atoms with Crippen molar-refractivity contribution in [2.45, 2.75) is 32.0 Å². The second kappa shape index (κ2) is 7.61. The largest absolute Gasteiger partial charge is 0.508 e. The summed E-state index contributed by atoms with van der Waals surface area (Å²) in [5.41, 5.74) is -1.81. The third kappa shape index (κ3) is 3.83. The summed E-state index contributed by atoms with van der Waals surface area (Å²) in [5, 5.41) is 18.5. The fourth-order valence-corrected chi connectivity index (χ4v) is 3.85. The highest BCUT2D eigenvalue weighted by molar-refractivity contribution is 7.80. The Morgan fingerprint density at radius 3 is 2.37 bits per heavy atom. The van der Waals surface area contributed by atoms with E-state index < -0.39 is 28.7 Å². The molecule has 1 heterocycles. The van der Waals surface area contributed by atoms with Gasteiger partial charge in [0.05, 0.1) is 22.9 Å². The molecular formula is C21H18F3N3O2S. The molecule has 0 unspecified atom stereocenters. The van der Waals surface area contributed by atoms with E-state index in [4.69, 9.17) is 17.5 Å². The average molecular weight is 433 g/mol. The first-order valence-electron chi connectivity index (χ1n) is 9.02. The van der Waals surface area contributed by atoms with Crippen LogP contribution < -0.4 is 4.90 Å². The maximum atomic E-state index is 13.3. The summed E-state index contributed by atoms with van der Waals surface area (Å²) in [6, 6.07) is 11.2. The van der Waals surface area contributed by atoms with Crippen molar-refractivity contribution in [2.24, 2.45) is 0 Å². The number of rotatable bonds is 4. The Hall–Kier alpha value is -3.12. The van der Waals surface area contributed by atoms with E-state index in [0.29, 0.717) is 13.0 Å². The van der Waals surface area contributed by atoms with E-state index in [9.17, 15) is 23.1 Å². The lowest BCUT2D eigenvalue weighted by atomic mass is 10.0. The minimum absolute atomic E-state index is 0.0310. The molecule has 0 bridgehead atoms. The molecule has 1 saturated heterocycles. The van der Waals surface area contributed by atoms with Gasteiger partial charge in [-0.3, -0.25) is 9.69 Å². The van der Waals surface area contributed by atoms with Crippen molar-refractivity contribution in [1.82, 2.24) is 4.90 Å². The highest BCUT2D eigenvalue weighted by atomic mass is 32.1. The first-order chi connectivity index (χ1) is 14.0. The van der Waals surface area contributed by atoms with Gasteiger partial charge in [0.25, 0.3) is 5.91 Å². The number of nitrogens with zero attached hydrogens (tertiary/aromatic N) is 3. The van der Waals surface area contributed by atoms with Gasteiger partial charge >= 0.3 is 6.18 Å². The van der Waals surface area contributed by atoms with Crippen LogP contribution in [-0.2, 0) is 17.4 Å². The van der Waals surface area contributed by atoms with Crippen LogP contribution in [0.25, 0.3) is 0 Å². The van der Waals surface area contributed by atoms with Gasteiger partial charge in [-0.15, -0.1) is 0 Å². The van der Waals surface area contributed by atoms with E-state index in [0.717, 1.165) is 22.6 Å². The minimum Gasteiger partial charge on any atom is -0.508 e. The van der Waals surface area contributed by atoms with Crippen molar-refractivity contribution < 1.29 is 23.1 Å². The zero-order chi connectivity index (χ0) is 22.3. The molecule has 30 heavy (non-hydrogen) atoms. The third-order valence-electron chi connectivity index (χ3n) is 5.07. The van der Waals surface area contributed by atoms with Crippen LogP contribution in [0.15, 0.2) is 42.5 Å². The smallest absolute Gasteiger partial charge is 0.417 e. The normalized spacial score (nSPS) is 16.1. The molecule has 0 radical (unpaired) electrons. The van der Waals surface area contributed by atoms with Gasteiger partial charge in [0, 0.05) is 6.54 Å². The zero-order valence-electron chi connectivity index (χ0n) is 16.2. The number of benzene rings is 2. The highest BCUT2D eigenvalue weighted by Crippen LogP contribution is 2.37. The van der Waals surface area contributed by atoms with Crippen molar-refractivity contribution in [2.75, 3.05) is 11.4 Å². The molecule has 9 heteroatoms. The Morgan fingerprint density at radius 1 is 1.17 bits per heavy atom. The molecule has 1 aliphatic rings. The number of amides is 1. The molecule has 2 aromatic carbocycles. The summed E-state index contributed by atoms with van der Waals surface area (Å²) in [5.74, 6) is -0.311. The molecule has 1 amide bonds. The number of carbonyl (C=O) groups is 1. The first-order valence-corrected chi connectivity index (χ1v) is 9.43. The molecule has 0 saturated carbocycles. The molecule has 5 nitrogen and oxygen atoms in total. The van der Waals surface area contributed by atoms with Gasteiger partial charge in [0.2, 0.25) is 0 Å². The number of halogens is 3. The van der Waals surface area contributed by atoms with Gasteiger partial charge < -0.3 is 10.0 Å². The molecule has 0 aromatic heterocycles. The predicted molar refractivity (Wildman–Crippen MR) is 109 cm³/mol. The van der Waals surface area contributed by atoms with E-state index in [1.165, 1.54) is 12.1 Å². The van der Waals surface area contributed by atoms with Gasteiger partial charge in [-0.2, -0.15) is 18.4 Å². The number of hydrogen-bond donors (Lipinski definition) is 1. The van der Waals surface area contributed by atoms with Crippen LogP contribution in [0.4, 0.5) is 18.9 Å². The number of phenols is 1. The molecule has 0 spiro atoms. The minimum atomic E-state index is -4.74. The maximum Gasteiger partial charge on any atom is 0.417 e. The Kier molecular flexibility index (Phi) is 5.48. The van der Waals surface area contributed by atoms with E-state index in [2.05, 4.69) is 0 Å². The summed E-state index contributed by atoms with van der Waals surface area (Å²) >= 11 is 5.45. The number of nitriles is 1. The summed E-state index contributed by atoms with van der Waals surface area (Å²) in [4.78, 5) is 15.8. The summed E-state index contributed by atoms with van der Waals surface area (Å²) in [6.07, 6.45) is -4.22. The highest BCUT2D eigenvalue weighted by Gasteiger charge is 2.49. The maximum absolute atomic E-state index is 13.3. The second-order valence-corrected chi connectivity index (χ2v) is 7.75. The van der Waals surface area contributed by atoms with Crippen LogP contribution in [0.3, 0.4) is 0 Å². The Morgan fingerprint density at radius 2 is 1.80 bits per heavy atom. The molecule has 156 valence electrons. The van der Waals surface area contributed by atoms with Crippen molar-refractivity contribution in [1.29, 1.82) is 5.26 Å². The number of carbonyl (C=O) groups excluding carboxylic acids is 1. The molecule has 2 aromatic rings. The first kappa shape index (κ1) is 21.6. The molecular weight excluding hydrogens is 415 g/mol. The number of phenolic OH excluding ortho intramolecular Hbond substituents is 1. The Labute approximate surface area is 176 Å². The van der Waals surface area contributed by atoms with Crippen molar-refractivity contribution in [3.8, 4) is 11.8 Å². The van der Waals surface area contributed by atoms with Crippen molar-refractivity contribution in [3.63, 3.8) is 0 Å². The predicted octanol–water partition coefficient (Wildman–Crippen LogP) is 4.24. The van der Waals surface area contributed by atoms with Gasteiger partial charge in [-0.25, -0.2) is 0 Å². The zero-order valence-corrected chi connectivity index (χ0v) is 17.0. The summed E-state index contributed by atoms with van der Waals surface area (Å²) in [6.45, 7) is 3.68. The van der Waals surface area contributed by atoms with Gasteiger partial charge in [-0.05, 0) is 68.4 Å². The Bertz CT molecular complexity index is 1040. The lowest BCUT2D eigenvalue weighted by Gasteiger charge is -2.29. The van der Waals surface area contributed by atoms with E-state index >= 15 is 0 Å². The lowest BCUT2D eigenvalue weighted by Crippen LogP contribution is -2.45. The van der Waals surface area contributed by atoms with Crippen LogP contribution >= 0.6 is 12.2 Å². The van der Waals surface area contributed by atoms with E-state index in [1.54, 1.807) is 43.0 Å². The number of alkyl halides is 3. The number of hydrogen-bond acceptors (Lipinski definition) is 4. The monoisotopic (exact) mass is 433 g/mol. The standard InChI is InChI=1S/C21H18F3N3O2S/c1-20(2)18(29)27(15-6-5-14(12-25)17(11-15)21(22,23)24)19(30)26(20)10-9-13-3-7-16(28)8-4-13/h3-8,11,28H,9-10H2,1-2H3.